The molecule has 9 heteroatoms. The van der Waals surface area contributed by atoms with Gasteiger partial charge in [-0.15, -0.1) is 0 Å². The zero-order valence-electron chi connectivity index (χ0n) is 18.5. The number of anilines is 1. The van der Waals surface area contributed by atoms with E-state index in [1.54, 1.807) is 13.8 Å². The van der Waals surface area contributed by atoms with Crippen molar-refractivity contribution >= 4 is 27.3 Å². The second-order valence-electron chi connectivity index (χ2n) is 8.25. The van der Waals surface area contributed by atoms with Crippen molar-refractivity contribution in [1.82, 2.24) is 5.32 Å². The zero-order valence-corrected chi connectivity index (χ0v) is 19.3. The summed E-state index contributed by atoms with van der Waals surface area (Å²) < 4.78 is 26.4. The molecule has 0 aliphatic rings. The number of aryl methyl sites for hydroxylation is 1. The Bertz CT molecular complexity index is 1050. The normalized spacial score (nSPS) is 12.8. The summed E-state index contributed by atoms with van der Waals surface area (Å²) in [4.78, 5) is 23.9. The van der Waals surface area contributed by atoms with Gasteiger partial charge in [0, 0.05) is 17.7 Å². The van der Waals surface area contributed by atoms with Crippen LogP contribution >= 0.6 is 0 Å². The van der Waals surface area contributed by atoms with Gasteiger partial charge in [-0.25, -0.2) is 8.42 Å². The second kappa shape index (κ2) is 9.47. The van der Waals surface area contributed by atoms with Gasteiger partial charge in [0.15, 0.2) is 0 Å². The minimum atomic E-state index is -3.90. The fourth-order valence-corrected chi connectivity index (χ4v) is 4.81. The van der Waals surface area contributed by atoms with Crippen LogP contribution in [0.25, 0.3) is 0 Å². The number of nitrogens with one attached hydrogen (secondary N) is 1. The molecule has 0 fully saturated rings. The largest absolute Gasteiger partial charge is 0.349 e. The van der Waals surface area contributed by atoms with Crippen molar-refractivity contribution < 1.29 is 18.1 Å². The molecule has 168 valence electrons. The van der Waals surface area contributed by atoms with Gasteiger partial charge in [0.25, 0.3) is 5.69 Å². The molecule has 0 aliphatic carbocycles. The van der Waals surface area contributed by atoms with E-state index in [9.17, 15) is 23.3 Å². The van der Waals surface area contributed by atoms with Crippen LogP contribution in [0.3, 0.4) is 0 Å². The third-order valence-electron chi connectivity index (χ3n) is 4.92. The Morgan fingerprint density at radius 3 is 2.32 bits per heavy atom. The van der Waals surface area contributed by atoms with E-state index >= 15 is 0 Å². The fourth-order valence-electron chi connectivity index (χ4n) is 3.55. The fraction of sp³-hybridized carbons (Fsp3) is 0.409. The Kier molecular flexibility index (Phi) is 7.43. The lowest BCUT2D eigenvalue weighted by atomic mass is 9.94. The van der Waals surface area contributed by atoms with Gasteiger partial charge >= 0.3 is 0 Å². The number of nitro groups is 1. The first-order chi connectivity index (χ1) is 14.4. The first kappa shape index (κ1) is 24.3. The minimum absolute atomic E-state index is 0.125. The highest BCUT2D eigenvalue weighted by molar-refractivity contribution is 7.92. The van der Waals surface area contributed by atoms with Crippen LogP contribution in [0.5, 0.6) is 0 Å². The average molecular weight is 448 g/mol. The Morgan fingerprint density at radius 1 is 1.19 bits per heavy atom. The van der Waals surface area contributed by atoms with Crippen molar-refractivity contribution in [3.8, 4) is 0 Å². The monoisotopic (exact) mass is 447 g/mol. The molecule has 0 aromatic heterocycles. The van der Waals surface area contributed by atoms with Crippen molar-refractivity contribution in [2.75, 3.05) is 10.6 Å². The van der Waals surface area contributed by atoms with E-state index in [0.29, 0.717) is 12.0 Å². The first-order valence-corrected chi connectivity index (χ1v) is 11.8. The third-order valence-corrected chi connectivity index (χ3v) is 6.09. The van der Waals surface area contributed by atoms with E-state index < -0.39 is 32.4 Å². The van der Waals surface area contributed by atoms with Gasteiger partial charge in [-0.3, -0.25) is 19.2 Å². The maximum atomic E-state index is 13.2. The Morgan fingerprint density at radius 2 is 1.81 bits per heavy atom. The lowest BCUT2D eigenvalue weighted by Gasteiger charge is -2.34. The van der Waals surface area contributed by atoms with E-state index in [1.807, 2.05) is 44.2 Å². The van der Waals surface area contributed by atoms with Gasteiger partial charge in [0.05, 0.1) is 16.9 Å². The zero-order chi connectivity index (χ0) is 23.4. The van der Waals surface area contributed by atoms with Crippen molar-refractivity contribution in [3.63, 3.8) is 0 Å². The predicted molar refractivity (Wildman–Crippen MR) is 122 cm³/mol. The van der Waals surface area contributed by atoms with Gasteiger partial charge in [0.1, 0.15) is 6.04 Å². The number of carbonyl (C=O) groups is 1. The predicted octanol–water partition coefficient (Wildman–Crippen LogP) is 3.59. The number of nitrogens with zero attached hydrogens (tertiary/aromatic N) is 2. The molecule has 1 N–H and O–H groups in total. The highest BCUT2D eigenvalue weighted by atomic mass is 32.2. The molecule has 8 nitrogen and oxygen atoms in total. The summed E-state index contributed by atoms with van der Waals surface area (Å²) >= 11 is 0. The number of sulfonamides is 1. The van der Waals surface area contributed by atoms with Crippen molar-refractivity contribution in [3.05, 3.63) is 69.8 Å². The summed E-state index contributed by atoms with van der Waals surface area (Å²) in [6, 6.07) is 12.6. The van der Waals surface area contributed by atoms with Crippen LogP contribution in [0.15, 0.2) is 48.5 Å². The van der Waals surface area contributed by atoms with Crippen molar-refractivity contribution in [2.45, 2.75) is 52.1 Å². The highest BCUT2D eigenvalue weighted by Gasteiger charge is 2.35. The number of hydrogen-bond acceptors (Lipinski definition) is 5. The molecule has 0 spiro atoms. The number of nitro benzene ring substituents is 1. The standard InChI is InChI=1S/C22H29N3O5S/c1-6-19(21(26)23-22(3,4)15-17-10-8-7-9-11-17)24(31(5,29)30)20-14-18(25(27)28)13-12-16(20)2/h7-14,19H,6,15H2,1-5H3,(H,23,26)/t19-/m1/s1. The van der Waals surface area contributed by atoms with Crippen LogP contribution in [0.1, 0.15) is 38.3 Å². The summed E-state index contributed by atoms with van der Waals surface area (Å²) in [5.41, 5.74) is 0.807. The molecule has 0 bridgehead atoms. The molecule has 2 aromatic rings. The van der Waals surface area contributed by atoms with E-state index in [1.165, 1.54) is 18.2 Å². The van der Waals surface area contributed by atoms with Crippen LogP contribution in [0, 0.1) is 17.0 Å². The number of hydrogen-bond donors (Lipinski definition) is 1. The van der Waals surface area contributed by atoms with Gasteiger partial charge in [-0.2, -0.15) is 0 Å². The average Bonchev–Trinajstić information content (AvgIpc) is 2.65. The first-order valence-electron chi connectivity index (χ1n) is 9.96. The van der Waals surface area contributed by atoms with Crippen LogP contribution < -0.4 is 9.62 Å². The molecule has 0 unspecified atom stereocenters. The molecule has 1 amide bonds. The van der Waals surface area contributed by atoms with E-state index in [4.69, 9.17) is 0 Å². The number of non-ortho nitro benzene ring substituents is 1. The van der Waals surface area contributed by atoms with Crippen LogP contribution in [-0.2, 0) is 21.2 Å². The lowest BCUT2D eigenvalue weighted by molar-refractivity contribution is -0.384. The molecule has 0 saturated heterocycles. The number of rotatable bonds is 9. The van der Waals surface area contributed by atoms with Crippen LogP contribution in [0.4, 0.5) is 11.4 Å². The van der Waals surface area contributed by atoms with Crippen LogP contribution in [-0.4, -0.2) is 37.1 Å². The summed E-state index contributed by atoms with van der Waals surface area (Å²) in [6.07, 6.45) is 1.75. The molecule has 2 aromatic carbocycles. The minimum Gasteiger partial charge on any atom is -0.349 e. The summed E-state index contributed by atoms with van der Waals surface area (Å²) in [7, 11) is -3.90. The summed E-state index contributed by atoms with van der Waals surface area (Å²) in [5.74, 6) is -0.459. The third kappa shape index (κ3) is 6.27. The molecular weight excluding hydrogens is 418 g/mol. The van der Waals surface area contributed by atoms with E-state index in [2.05, 4.69) is 5.32 Å². The molecule has 0 radical (unpaired) electrons. The maximum Gasteiger partial charge on any atom is 0.271 e. The Hall–Kier alpha value is -2.94. The highest BCUT2D eigenvalue weighted by Crippen LogP contribution is 2.30. The number of amides is 1. The molecule has 2 rings (SSSR count). The molecular formula is C22H29N3O5S. The van der Waals surface area contributed by atoms with E-state index in [0.717, 1.165) is 16.1 Å². The van der Waals surface area contributed by atoms with Gasteiger partial charge in [0.2, 0.25) is 15.9 Å². The number of benzene rings is 2. The number of carbonyl (C=O) groups excluding carboxylic acids is 1. The van der Waals surface area contributed by atoms with Crippen LogP contribution in [0.2, 0.25) is 0 Å². The van der Waals surface area contributed by atoms with Crippen molar-refractivity contribution in [1.29, 1.82) is 0 Å². The molecule has 1 atom stereocenters. The Labute approximate surface area is 183 Å². The maximum absolute atomic E-state index is 13.2. The Balaban J connectivity index is 2.40. The molecule has 0 aliphatic heterocycles. The molecule has 31 heavy (non-hydrogen) atoms. The van der Waals surface area contributed by atoms with Crippen molar-refractivity contribution in [2.24, 2.45) is 0 Å². The molecule has 0 saturated carbocycles. The van der Waals surface area contributed by atoms with Gasteiger partial charge in [-0.1, -0.05) is 43.3 Å². The van der Waals surface area contributed by atoms with E-state index in [-0.39, 0.29) is 17.8 Å². The quantitative estimate of drug-likeness (QED) is 0.467. The SMILES string of the molecule is CC[C@H](C(=O)NC(C)(C)Cc1ccccc1)N(c1cc([N+](=O)[O-])ccc1C)S(C)(=O)=O. The summed E-state index contributed by atoms with van der Waals surface area (Å²) in [6.45, 7) is 7.10. The second-order valence-corrected chi connectivity index (χ2v) is 10.1. The lowest BCUT2D eigenvalue weighted by Crippen LogP contribution is -2.55. The topological polar surface area (TPSA) is 110 Å². The van der Waals surface area contributed by atoms with Gasteiger partial charge in [-0.05, 0) is 44.7 Å². The van der Waals surface area contributed by atoms with Gasteiger partial charge < -0.3 is 5.32 Å². The summed E-state index contributed by atoms with van der Waals surface area (Å²) in [5, 5.41) is 14.2. The molecule has 0 heterocycles. The smallest absolute Gasteiger partial charge is 0.271 e.